The van der Waals surface area contributed by atoms with Gasteiger partial charge in [-0.3, -0.25) is 14.4 Å². The molecular weight excluding hydrogens is 1010 g/mol. The van der Waals surface area contributed by atoms with E-state index in [4.69, 9.17) is 14.2 Å². The molecule has 0 amide bonds. The summed E-state index contributed by atoms with van der Waals surface area (Å²) in [4.78, 5) is 38.2. The molecule has 0 aliphatic rings. The Balaban J connectivity index is 3.96. The molecule has 480 valence electrons. The van der Waals surface area contributed by atoms with E-state index in [-0.39, 0.29) is 31.1 Å². The van der Waals surface area contributed by atoms with Crippen LogP contribution < -0.4 is 0 Å². The van der Waals surface area contributed by atoms with Crippen LogP contribution in [0.15, 0.2) is 48.6 Å². The number of hydrogen-bond acceptors (Lipinski definition) is 6. The van der Waals surface area contributed by atoms with Crippen LogP contribution in [0.25, 0.3) is 0 Å². The van der Waals surface area contributed by atoms with Gasteiger partial charge in [-0.25, -0.2) is 0 Å². The first-order valence-electron chi connectivity index (χ1n) is 36.6. The lowest BCUT2D eigenvalue weighted by Gasteiger charge is -2.18. The predicted molar refractivity (Wildman–Crippen MR) is 358 cm³/mol. The van der Waals surface area contributed by atoms with Gasteiger partial charge in [-0.1, -0.05) is 371 Å². The maximum Gasteiger partial charge on any atom is 0.306 e. The molecule has 0 aromatic rings. The standard InChI is InChI=1S/C76H140O6/c1-4-7-10-13-16-18-20-22-24-26-28-30-32-33-34-35-36-37-38-39-40-41-42-44-45-47-49-51-53-55-57-60-63-66-69-75(78)81-72-73(71-80-74(77)68-65-62-59-15-12-9-6-3)82-76(79)70-67-64-61-58-56-54-52-50-48-46-43-31-29-27-25-23-21-19-17-14-11-8-5-2/h8,11,17,19,23,25,29,31,73H,4-7,9-10,12-16,18,20-22,24,26-28,30,32-72H2,1-3H3/b11-8-,19-17-,25-23-,31-29-. The minimum Gasteiger partial charge on any atom is -0.462 e. The van der Waals surface area contributed by atoms with E-state index in [0.29, 0.717) is 19.3 Å². The SMILES string of the molecule is CC/C=C\C/C=C\C/C=C\C/C=C\CCCCCCCCCCCCC(=O)OC(COC(=O)CCCCCCCCC)COC(=O)CCCCCCCCCCCCCCCCCCCCCCCCCCCCCCCCCCCC. The third kappa shape index (κ3) is 68.2. The Morgan fingerprint density at radius 2 is 0.476 bits per heavy atom. The van der Waals surface area contributed by atoms with Crippen LogP contribution >= 0.6 is 0 Å². The Bertz CT molecular complexity index is 1410. The van der Waals surface area contributed by atoms with Gasteiger partial charge in [-0.2, -0.15) is 0 Å². The third-order valence-electron chi connectivity index (χ3n) is 16.6. The fourth-order valence-corrected chi connectivity index (χ4v) is 11.1. The molecule has 6 nitrogen and oxygen atoms in total. The topological polar surface area (TPSA) is 78.9 Å². The van der Waals surface area contributed by atoms with Gasteiger partial charge < -0.3 is 14.2 Å². The van der Waals surface area contributed by atoms with Crippen LogP contribution in [0, 0.1) is 0 Å². The molecule has 0 saturated carbocycles. The van der Waals surface area contributed by atoms with Crippen molar-refractivity contribution in [2.75, 3.05) is 13.2 Å². The molecule has 6 heteroatoms. The molecule has 1 unspecified atom stereocenters. The molecule has 82 heavy (non-hydrogen) atoms. The highest BCUT2D eigenvalue weighted by atomic mass is 16.6. The number of allylic oxidation sites excluding steroid dienone is 8. The Labute approximate surface area is 511 Å². The maximum atomic E-state index is 12.9. The van der Waals surface area contributed by atoms with Gasteiger partial charge in [0.2, 0.25) is 0 Å². The molecule has 0 rings (SSSR count). The van der Waals surface area contributed by atoms with Crippen molar-refractivity contribution in [1.29, 1.82) is 0 Å². The lowest BCUT2D eigenvalue weighted by molar-refractivity contribution is -0.167. The van der Waals surface area contributed by atoms with Crippen molar-refractivity contribution in [3.63, 3.8) is 0 Å². The van der Waals surface area contributed by atoms with Gasteiger partial charge in [0.25, 0.3) is 0 Å². The van der Waals surface area contributed by atoms with Gasteiger partial charge in [0, 0.05) is 19.3 Å². The van der Waals surface area contributed by atoms with Crippen LogP contribution in [0.1, 0.15) is 400 Å². The van der Waals surface area contributed by atoms with E-state index in [1.54, 1.807) is 0 Å². The molecule has 0 radical (unpaired) electrons. The summed E-state index contributed by atoms with van der Waals surface area (Å²) in [5, 5.41) is 0. The van der Waals surface area contributed by atoms with Crippen molar-refractivity contribution in [1.82, 2.24) is 0 Å². The summed E-state index contributed by atoms with van der Waals surface area (Å²) in [7, 11) is 0. The molecule has 0 fully saturated rings. The van der Waals surface area contributed by atoms with Gasteiger partial charge in [0.15, 0.2) is 6.10 Å². The van der Waals surface area contributed by atoms with Gasteiger partial charge in [0.1, 0.15) is 13.2 Å². The Hall–Kier alpha value is -2.63. The van der Waals surface area contributed by atoms with E-state index in [1.807, 2.05) is 0 Å². The lowest BCUT2D eigenvalue weighted by atomic mass is 10.0. The first-order valence-corrected chi connectivity index (χ1v) is 36.6. The largest absolute Gasteiger partial charge is 0.462 e. The second kappa shape index (κ2) is 70.9. The van der Waals surface area contributed by atoms with Crippen LogP contribution in [0.3, 0.4) is 0 Å². The molecule has 0 bridgehead atoms. The van der Waals surface area contributed by atoms with Crippen molar-refractivity contribution in [3.05, 3.63) is 48.6 Å². The summed E-state index contributed by atoms with van der Waals surface area (Å²) in [5.41, 5.74) is 0. The summed E-state index contributed by atoms with van der Waals surface area (Å²) in [5.74, 6) is -0.858. The summed E-state index contributed by atoms with van der Waals surface area (Å²) >= 11 is 0. The number of carbonyl (C=O) groups excluding carboxylic acids is 3. The number of carbonyl (C=O) groups is 3. The van der Waals surface area contributed by atoms with Gasteiger partial charge in [0.05, 0.1) is 0 Å². The number of hydrogen-bond donors (Lipinski definition) is 0. The number of unbranched alkanes of at least 4 members (excludes halogenated alkanes) is 49. The molecule has 1 atom stereocenters. The second-order valence-electron chi connectivity index (χ2n) is 24.8. The molecule has 0 aromatic heterocycles. The van der Waals surface area contributed by atoms with Gasteiger partial charge in [-0.15, -0.1) is 0 Å². The maximum absolute atomic E-state index is 12.9. The van der Waals surface area contributed by atoms with Crippen molar-refractivity contribution in [3.8, 4) is 0 Å². The van der Waals surface area contributed by atoms with Gasteiger partial charge in [-0.05, 0) is 57.8 Å². The molecule has 0 saturated heterocycles. The Kier molecular flexibility index (Phi) is 68.6. The fraction of sp³-hybridized carbons (Fsp3) is 0.855. The van der Waals surface area contributed by atoms with E-state index in [0.717, 1.165) is 83.5 Å². The van der Waals surface area contributed by atoms with Gasteiger partial charge >= 0.3 is 17.9 Å². The van der Waals surface area contributed by atoms with Crippen molar-refractivity contribution >= 4 is 17.9 Å². The molecule has 0 aliphatic heterocycles. The highest BCUT2D eigenvalue weighted by Crippen LogP contribution is 2.19. The molecular formula is C76H140O6. The number of ether oxygens (including phenoxy) is 3. The summed E-state index contributed by atoms with van der Waals surface area (Å²) in [6.07, 6.45) is 90.6. The fourth-order valence-electron chi connectivity index (χ4n) is 11.1. The average molecular weight is 1150 g/mol. The molecule has 0 heterocycles. The van der Waals surface area contributed by atoms with Crippen LogP contribution in [0.2, 0.25) is 0 Å². The molecule has 0 aromatic carbocycles. The van der Waals surface area contributed by atoms with Crippen LogP contribution in [0.4, 0.5) is 0 Å². The third-order valence-corrected chi connectivity index (χ3v) is 16.6. The minimum absolute atomic E-state index is 0.0701. The highest BCUT2D eigenvalue weighted by molar-refractivity contribution is 5.71. The van der Waals surface area contributed by atoms with E-state index >= 15 is 0 Å². The van der Waals surface area contributed by atoms with Crippen LogP contribution in [-0.2, 0) is 28.6 Å². The zero-order chi connectivity index (χ0) is 59.2. The van der Waals surface area contributed by atoms with Crippen molar-refractivity contribution in [2.45, 2.75) is 406 Å². The van der Waals surface area contributed by atoms with E-state index in [2.05, 4.69) is 69.4 Å². The highest BCUT2D eigenvalue weighted by Gasteiger charge is 2.19. The number of esters is 3. The average Bonchev–Trinajstić information content (AvgIpc) is 3.48. The molecule has 0 N–H and O–H groups in total. The lowest BCUT2D eigenvalue weighted by Crippen LogP contribution is -2.30. The summed E-state index contributed by atoms with van der Waals surface area (Å²) < 4.78 is 16.9. The Morgan fingerprint density at radius 1 is 0.256 bits per heavy atom. The second-order valence-corrected chi connectivity index (χ2v) is 24.8. The summed E-state index contributed by atoms with van der Waals surface area (Å²) in [6.45, 7) is 6.55. The van der Waals surface area contributed by atoms with E-state index in [1.165, 1.54) is 276 Å². The first-order chi connectivity index (χ1) is 40.5. The zero-order valence-corrected chi connectivity index (χ0v) is 55.3. The van der Waals surface area contributed by atoms with Crippen LogP contribution in [-0.4, -0.2) is 37.2 Å². The predicted octanol–water partition coefficient (Wildman–Crippen LogP) is 25.3. The minimum atomic E-state index is -0.772. The number of rotatable bonds is 68. The quantitative estimate of drug-likeness (QED) is 0.0261. The Morgan fingerprint density at radius 3 is 0.744 bits per heavy atom. The zero-order valence-electron chi connectivity index (χ0n) is 55.3. The molecule has 0 spiro atoms. The van der Waals surface area contributed by atoms with E-state index < -0.39 is 6.10 Å². The smallest absolute Gasteiger partial charge is 0.306 e. The van der Waals surface area contributed by atoms with Crippen molar-refractivity contribution in [2.24, 2.45) is 0 Å². The van der Waals surface area contributed by atoms with Crippen LogP contribution in [0.5, 0.6) is 0 Å². The molecule has 0 aliphatic carbocycles. The monoisotopic (exact) mass is 1150 g/mol. The first kappa shape index (κ1) is 79.4. The van der Waals surface area contributed by atoms with E-state index in [9.17, 15) is 14.4 Å². The normalized spacial score (nSPS) is 12.3. The summed E-state index contributed by atoms with van der Waals surface area (Å²) in [6, 6.07) is 0. The van der Waals surface area contributed by atoms with Crippen molar-refractivity contribution < 1.29 is 28.6 Å².